The molecule has 5 nitrogen and oxygen atoms in total. The van der Waals surface area contributed by atoms with E-state index in [0.717, 1.165) is 10.9 Å². The Bertz CT molecular complexity index is 720. The van der Waals surface area contributed by atoms with Gasteiger partial charge < -0.3 is 13.9 Å². The van der Waals surface area contributed by atoms with Gasteiger partial charge >= 0.3 is 11.9 Å². The number of thioether (sulfide) groups is 1. The Morgan fingerprint density at radius 2 is 2.18 bits per heavy atom. The number of benzene rings is 1. The summed E-state index contributed by atoms with van der Waals surface area (Å²) in [5.41, 5.74) is 1.44. The number of cyclic esters (lactones) is 1. The molecule has 1 saturated heterocycles. The largest absolute Gasteiger partial charge is 0.460 e. The second kappa shape index (κ2) is 6.04. The molecular weight excluding hydrogens is 304 g/mol. The SMILES string of the molecule is CSCc1c(C(=O)OC2CC(C)OC2=O)oc2ccccc12. The number of hydrogen-bond donors (Lipinski definition) is 0. The number of ether oxygens (including phenoxy) is 2. The van der Waals surface area contributed by atoms with Crippen molar-refractivity contribution in [1.29, 1.82) is 0 Å². The van der Waals surface area contributed by atoms with E-state index in [9.17, 15) is 9.59 Å². The van der Waals surface area contributed by atoms with E-state index in [1.807, 2.05) is 30.5 Å². The summed E-state index contributed by atoms with van der Waals surface area (Å²) in [5.74, 6) is -0.310. The molecular formula is C16H16O5S. The summed E-state index contributed by atoms with van der Waals surface area (Å²) in [6.45, 7) is 1.77. The molecule has 116 valence electrons. The van der Waals surface area contributed by atoms with Crippen LogP contribution in [0.1, 0.15) is 29.5 Å². The highest BCUT2D eigenvalue weighted by Crippen LogP contribution is 2.30. The van der Waals surface area contributed by atoms with Gasteiger partial charge in [-0.25, -0.2) is 9.59 Å². The van der Waals surface area contributed by atoms with E-state index in [-0.39, 0.29) is 11.9 Å². The lowest BCUT2D eigenvalue weighted by Gasteiger charge is -2.07. The summed E-state index contributed by atoms with van der Waals surface area (Å²) in [7, 11) is 0. The smallest absolute Gasteiger partial charge is 0.375 e. The van der Waals surface area contributed by atoms with Gasteiger partial charge in [0.25, 0.3) is 0 Å². The standard InChI is InChI=1S/C16H16O5S/c1-9-7-13(15(17)19-9)21-16(18)14-11(8-22-2)10-5-3-4-6-12(10)20-14/h3-6,9,13H,7-8H2,1-2H3. The van der Waals surface area contributed by atoms with E-state index >= 15 is 0 Å². The van der Waals surface area contributed by atoms with Crippen molar-refractivity contribution in [2.75, 3.05) is 6.26 Å². The van der Waals surface area contributed by atoms with Crippen molar-refractivity contribution in [2.24, 2.45) is 0 Å². The molecule has 0 N–H and O–H groups in total. The first kappa shape index (κ1) is 15.0. The Kier molecular flexibility index (Phi) is 4.11. The summed E-state index contributed by atoms with van der Waals surface area (Å²) < 4.78 is 15.9. The molecule has 0 spiro atoms. The maximum atomic E-state index is 12.4. The van der Waals surface area contributed by atoms with Crippen LogP contribution in [0.2, 0.25) is 0 Å². The zero-order valence-corrected chi connectivity index (χ0v) is 13.1. The van der Waals surface area contributed by atoms with Gasteiger partial charge in [-0.2, -0.15) is 11.8 Å². The maximum Gasteiger partial charge on any atom is 0.375 e. The molecule has 2 atom stereocenters. The Morgan fingerprint density at radius 1 is 1.41 bits per heavy atom. The number of hydrogen-bond acceptors (Lipinski definition) is 6. The van der Waals surface area contributed by atoms with Crippen molar-refractivity contribution in [1.82, 2.24) is 0 Å². The molecule has 1 aromatic heterocycles. The van der Waals surface area contributed by atoms with Crippen LogP contribution in [0.25, 0.3) is 11.0 Å². The first-order valence-corrected chi connectivity index (χ1v) is 8.40. The average Bonchev–Trinajstić information content (AvgIpc) is 3.00. The van der Waals surface area contributed by atoms with Crippen LogP contribution in [0, 0.1) is 0 Å². The van der Waals surface area contributed by atoms with Crippen LogP contribution in [-0.4, -0.2) is 30.4 Å². The molecule has 1 aromatic carbocycles. The third-order valence-electron chi connectivity index (χ3n) is 3.55. The number of fused-ring (bicyclic) bond motifs is 1. The highest BCUT2D eigenvalue weighted by atomic mass is 32.2. The molecule has 3 rings (SSSR count). The normalized spacial score (nSPS) is 21.1. The molecule has 0 radical (unpaired) electrons. The second-order valence-electron chi connectivity index (χ2n) is 5.22. The Labute approximate surface area is 131 Å². The van der Waals surface area contributed by atoms with Gasteiger partial charge in [-0.05, 0) is 19.2 Å². The van der Waals surface area contributed by atoms with Gasteiger partial charge in [-0.1, -0.05) is 18.2 Å². The van der Waals surface area contributed by atoms with Crippen LogP contribution in [0.3, 0.4) is 0 Å². The van der Waals surface area contributed by atoms with Crippen molar-refractivity contribution in [3.8, 4) is 0 Å². The lowest BCUT2D eigenvalue weighted by molar-refractivity contribution is -0.147. The number of carbonyl (C=O) groups is 2. The Morgan fingerprint density at radius 3 is 2.86 bits per heavy atom. The molecule has 2 unspecified atom stereocenters. The van der Waals surface area contributed by atoms with Crippen molar-refractivity contribution in [2.45, 2.75) is 31.3 Å². The number of carbonyl (C=O) groups excluding carboxylic acids is 2. The summed E-state index contributed by atoms with van der Waals surface area (Å²) in [5, 5.41) is 0.895. The van der Waals surface area contributed by atoms with Crippen LogP contribution >= 0.6 is 11.8 Å². The number of furan rings is 1. The van der Waals surface area contributed by atoms with Gasteiger partial charge in [0.1, 0.15) is 11.7 Å². The van der Waals surface area contributed by atoms with E-state index in [1.165, 1.54) is 0 Å². The fourth-order valence-corrected chi connectivity index (χ4v) is 3.13. The molecule has 6 heteroatoms. The minimum Gasteiger partial charge on any atom is -0.460 e. The monoisotopic (exact) mass is 320 g/mol. The van der Waals surface area contributed by atoms with Crippen LogP contribution in [0.4, 0.5) is 0 Å². The molecule has 0 bridgehead atoms. The molecule has 2 aromatic rings. The quantitative estimate of drug-likeness (QED) is 0.806. The van der Waals surface area contributed by atoms with E-state index in [1.54, 1.807) is 18.7 Å². The lowest BCUT2D eigenvalue weighted by Crippen LogP contribution is -2.23. The van der Waals surface area contributed by atoms with Crippen molar-refractivity contribution in [3.05, 3.63) is 35.6 Å². The van der Waals surface area contributed by atoms with E-state index in [0.29, 0.717) is 17.8 Å². The van der Waals surface area contributed by atoms with Crippen molar-refractivity contribution >= 4 is 34.7 Å². The second-order valence-corrected chi connectivity index (χ2v) is 6.08. The molecule has 1 aliphatic rings. The summed E-state index contributed by atoms with van der Waals surface area (Å²) in [4.78, 5) is 24.0. The van der Waals surface area contributed by atoms with Gasteiger partial charge in [0, 0.05) is 23.1 Å². The van der Waals surface area contributed by atoms with Gasteiger partial charge in [0.2, 0.25) is 11.9 Å². The minimum atomic E-state index is -0.849. The van der Waals surface area contributed by atoms with Crippen LogP contribution < -0.4 is 0 Å². The first-order valence-electron chi connectivity index (χ1n) is 7.01. The number of rotatable bonds is 4. The highest BCUT2D eigenvalue weighted by molar-refractivity contribution is 7.97. The average molecular weight is 320 g/mol. The Balaban J connectivity index is 1.90. The van der Waals surface area contributed by atoms with Gasteiger partial charge in [0.15, 0.2) is 0 Å². The summed E-state index contributed by atoms with van der Waals surface area (Å²) >= 11 is 1.59. The fraction of sp³-hybridized carbons (Fsp3) is 0.375. The summed E-state index contributed by atoms with van der Waals surface area (Å²) in [6.07, 6.45) is 1.25. The lowest BCUT2D eigenvalue weighted by atomic mass is 10.1. The fourth-order valence-electron chi connectivity index (χ4n) is 2.55. The molecule has 22 heavy (non-hydrogen) atoms. The van der Waals surface area contributed by atoms with Gasteiger partial charge in [-0.3, -0.25) is 0 Å². The zero-order chi connectivity index (χ0) is 15.7. The number of para-hydroxylation sites is 1. The van der Waals surface area contributed by atoms with Crippen LogP contribution in [0.15, 0.2) is 28.7 Å². The van der Waals surface area contributed by atoms with Gasteiger partial charge in [-0.15, -0.1) is 0 Å². The third kappa shape index (κ3) is 2.70. The van der Waals surface area contributed by atoms with Crippen molar-refractivity contribution in [3.63, 3.8) is 0 Å². The third-order valence-corrected chi connectivity index (χ3v) is 4.13. The first-order chi connectivity index (χ1) is 10.6. The molecule has 1 aliphatic heterocycles. The zero-order valence-electron chi connectivity index (χ0n) is 12.3. The molecule has 2 heterocycles. The maximum absolute atomic E-state index is 12.4. The highest BCUT2D eigenvalue weighted by Gasteiger charge is 2.36. The van der Waals surface area contributed by atoms with Crippen LogP contribution in [0.5, 0.6) is 0 Å². The Hall–Kier alpha value is -1.95. The van der Waals surface area contributed by atoms with E-state index < -0.39 is 18.0 Å². The predicted octanol–water partition coefficient (Wildman–Crippen LogP) is 3.16. The minimum absolute atomic E-state index is 0.169. The molecule has 0 saturated carbocycles. The van der Waals surface area contributed by atoms with E-state index in [2.05, 4.69) is 0 Å². The molecule has 1 fully saturated rings. The molecule has 0 aliphatic carbocycles. The van der Waals surface area contributed by atoms with Gasteiger partial charge in [0.05, 0.1) is 0 Å². The predicted molar refractivity (Wildman–Crippen MR) is 82.8 cm³/mol. The topological polar surface area (TPSA) is 65.7 Å². The van der Waals surface area contributed by atoms with Crippen molar-refractivity contribution < 1.29 is 23.5 Å². The molecule has 0 amide bonds. The van der Waals surface area contributed by atoms with Crippen LogP contribution in [-0.2, 0) is 20.0 Å². The number of esters is 2. The van der Waals surface area contributed by atoms with E-state index in [4.69, 9.17) is 13.9 Å². The summed E-state index contributed by atoms with van der Waals surface area (Å²) in [6, 6.07) is 7.46.